The molecule has 1 aromatic carbocycles. The van der Waals surface area contributed by atoms with Crippen molar-refractivity contribution in [3.63, 3.8) is 0 Å². The first-order valence-corrected chi connectivity index (χ1v) is 4.57. The van der Waals surface area contributed by atoms with Crippen molar-refractivity contribution in [1.82, 2.24) is 0 Å². The third-order valence-electron chi connectivity index (χ3n) is 2.02. The number of rotatable bonds is 0. The first-order chi connectivity index (χ1) is 5.81. The van der Waals surface area contributed by atoms with Crippen LogP contribution < -0.4 is 5.32 Å². The van der Waals surface area contributed by atoms with Crippen LogP contribution in [0.1, 0.15) is 11.1 Å². The molecule has 1 aromatic rings. The van der Waals surface area contributed by atoms with Crippen LogP contribution in [0.2, 0.25) is 0 Å². The fourth-order valence-electron chi connectivity index (χ4n) is 1.40. The molecule has 0 aliphatic carbocycles. The maximum Gasteiger partial charge on any atom is 0.100 e. The van der Waals surface area contributed by atoms with Crippen molar-refractivity contribution in [3.05, 3.63) is 27.7 Å². The minimum atomic E-state index is 0.697. The Hall–Kier alpha value is -1.01. The van der Waals surface area contributed by atoms with Crippen LogP contribution in [0.4, 0.5) is 5.69 Å². The fourth-order valence-corrected chi connectivity index (χ4v) is 1.88. The molecule has 0 atom stereocenters. The molecule has 3 heteroatoms. The van der Waals surface area contributed by atoms with Crippen LogP contribution in [0.5, 0.6) is 0 Å². The molecule has 0 radical (unpaired) electrons. The minimum Gasteiger partial charge on any atom is -0.384 e. The summed E-state index contributed by atoms with van der Waals surface area (Å²) in [6, 6.07) is 6.06. The number of hydrogen-bond acceptors (Lipinski definition) is 2. The van der Waals surface area contributed by atoms with Crippen molar-refractivity contribution in [2.75, 3.05) is 11.9 Å². The van der Waals surface area contributed by atoms with Gasteiger partial charge >= 0.3 is 0 Å². The van der Waals surface area contributed by atoms with Gasteiger partial charge in [-0.1, -0.05) is 0 Å². The van der Waals surface area contributed by atoms with Crippen molar-refractivity contribution in [2.24, 2.45) is 0 Å². The summed E-state index contributed by atoms with van der Waals surface area (Å²) < 4.78 is 0.896. The average molecular weight is 223 g/mol. The molecule has 0 amide bonds. The highest BCUT2D eigenvalue weighted by Crippen LogP contribution is 2.28. The predicted molar refractivity (Wildman–Crippen MR) is 51.1 cm³/mol. The van der Waals surface area contributed by atoms with Crippen LogP contribution in [-0.2, 0) is 6.42 Å². The number of anilines is 1. The van der Waals surface area contributed by atoms with Crippen LogP contribution in [-0.4, -0.2) is 6.54 Å². The number of nitriles is 1. The molecule has 1 heterocycles. The lowest BCUT2D eigenvalue weighted by Gasteiger charge is -2.01. The maximum absolute atomic E-state index is 8.74. The van der Waals surface area contributed by atoms with E-state index in [1.807, 2.05) is 12.1 Å². The summed E-state index contributed by atoms with van der Waals surface area (Å²) in [6.07, 6.45) is 1.06. The molecule has 0 unspecified atom stereocenters. The molecule has 0 bridgehead atoms. The summed E-state index contributed by atoms with van der Waals surface area (Å²) in [6.45, 7) is 0.983. The number of hydrogen-bond donors (Lipinski definition) is 1. The van der Waals surface area contributed by atoms with Crippen LogP contribution in [0, 0.1) is 11.3 Å². The fraction of sp³-hybridized carbons (Fsp3) is 0.222. The molecule has 0 saturated heterocycles. The molecule has 1 N–H and O–H groups in total. The topological polar surface area (TPSA) is 35.8 Å². The van der Waals surface area contributed by atoms with Gasteiger partial charge < -0.3 is 5.32 Å². The summed E-state index contributed by atoms with van der Waals surface area (Å²) in [5.41, 5.74) is 3.10. The molecule has 0 aromatic heterocycles. The largest absolute Gasteiger partial charge is 0.384 e. The maximum atomic E-state index is 8.74. The van der Waals surface area contributed by atoms with Crippen molar-refractivity contribution < 1.29 is 0 Å². The Balaban J connectivity index is 2.59. The monoisotopic (exact) mass is 222 g/mol. The quantitative estimate of drug-likeness (QED) is 0.732. The minimum absolute atomic E-state index is 0.697. The van der Waals surface area contributed by atoms with Gasteiger partial charge in [-0.25, -0.2) is 0 Å². The third kappa shape index (κ3) is 1.09. The molecule has 2 rings (SSSR count). The summed E-state index contributed by atoms with van der Waals surface area (Å²) in [5.74, 6) is 0. The smallest absolute Gasteiger partial charge is 0.100 e. The Morgan fingerprint density at radius 3 is 3.08 bits per heavy atom. The second-order valence-corrected chi connectivity index (χ2v) is 3.63. The number of benzene rings is 1. The van der Waals surface area contributed by atoms with Crippen molar-refractivity contribution in [3.8, 4) is 6.07 Å². The average Bonchev–Trinajstić information content (AvgIpc) is 2.49. The second kappa shape index (κ2) is 2.80. The Kier molecular flexibility index (Phi) is 1.78. The SMILES string of the molecule is N#Cc1cc2c(cc1Br)CCN2. The van der Waals surface area contributed by atoms with Crippen molar-refractivity contribution >= 4 is 21.6 Å². The Labute approximate surface area is 79.3 Å². The van der Waals surface area contributed by atoms with E-state index in [4.69, 9.17) is 5.26 Å². The van der Waals surface area contributed by atoms with Gasteiger partial charge in [0, 0.05) is 16.7 Å². The molecule has 1 aliphatic heterocycles. The van der Waals surface area contributed by atoms with Gasteiger partial charge in [0.2, 0.25) is 0 Å². The van der Waals surface area contributed by atoms with Crippen molar-refractivity contribution in [1.29, 1.82) is 5.26 Å². The molecule has 0 fully saturated rings. The van der Waals surface area contributed by atoms with Crippen molar-refractivity contribution in [2.45, 2.75) is 6.42 Å². The molecule has 1 aliphatic rings. The first-order valence-electron chi connectivity index (χ1n) is 3.77. The lowest BCUT2D eigenvalue weighted by atomic mass is 10.1. The zero-order valence-electron chi connectivity index (χ0n) is 6.39. The highest BCUT2D eigenvalue weighted by molar-refractivity contribution is 9.10. The summed E-state index contributed by atoms with van der Waals surface area (Å²) in [7, 11) is 0. The first kappa shape index (κ1) is 7.63. The zero-order valence-corrected chi connectivity index (χ0v) is 7.98. The van der Waals surface area contributed by atoms with E-state index in [9.17, 15) is 0 Å². The number of fused-ring (bicyclic) bond motifs is 1. The number of nitrogens with one attached hydrogen (secondary N) is 1. The van der Waals surface area contributed by atoms with E-state index in [-0.39, 0.29) is 0 Å². The Morgan fingerprint density at radius 1 is 1.50 bits per heavy atom. The lowest BCUT2D eigenvalue weighted by molar-refractivity contribution is 1.10. The van der Waals surface area contributed by atoms with E-state index in [0.29, 0.717) is 5.56 Å². The Bertz CT molecular complexity index is 365. The van der Waals surface area contributed by atoms with Crippen LogP contribution in [0.15, 0.2) is 16.6 Å². The molecule has 2 nitrogen and oxygen atoms in total. The van der Waals surface area contributed by atoms with Gasteiger partial charge in [0.05, 0.1) is 5.56 Å². The van der Waals surface area contributed by atoms with Crippen LogP contribution in [0.25, 0.3) is 0 Å². The molecular weight excluding hydrogens is 216 g/mol. The van der Waals surface area contributed by atoms with E-state index < -0.39 is 0 Å². The molecular formula is C9H7BrN2. The van der Waals surface area contributed by atoms with Crippen LogP contribution >= 0.6 is 15.9 Å². The predicted octanol–water partition coefficient (Wildman–Crippen LogP) is 2.29. The van der Waals surface area contributed by atoms with Gasteiger partial charge in [0.1, 0.15) is 6.07 Å². The van der Waals surface area contributed by atoms with Gasteiger partial charge in [-0.3, -0.25) is 0 Å². The summed E-state index contributed by atoms with van der Waals surface area (Å²) in [5, 5.41) is 12.0. The van der Waals surface area contributed by atoms with E-state index >= 15 is 0 Å². The number of nitrogens with zero attached hydrogens (tertiary/aromatic N) is 1. The highest BCUT2D eigenvalue weighted by Gasteiger charge is 2.12. The van der Waals surface area contributed by atoms with Gasteiger partial charge in [0.15, 0.2) is 0 Å². The highest BCUT2D eigenvalue weighted by atomic mass is 79.9. The van der Waals surface area contributed by atoms with Gasteiger partial charge in [-0.05, 0) is 40.0 Å². The van der Waals surface area contributed by atoms with Gasteiger partial charge in [0.25, 0.3) is 0 Å². The zero-order chi connectivity index (χ0) is 8.55. The molecule has 12 heavy (non-hydrogen) atoms. The van der Waals surface area contributed by atoms with E-state index in [1.165, 1.54) is 5.56 Å². The molecule has 0 spiro atoms. The molecule has 60 valence electrons. The summed E-state index contributed by atoms with van der Waals surface area (Å²) in [4.78, 5) is 0. The lowest BCUT2D eigenvalue weighted by Crippen LogP contribution is -1.91. The standard InChI is InChI=1S/C9H7BrN2/c10-8-3-6-1-2-12-9(6)4-7(8)5-11/h3-4,12H,1-2H2. The normalized spacial score (nSPS) is 13.3. The van der Waals surface area contributed by atoms with E-state index in [2.05, 4.69) is 27.3 Å². The number of halogens is 1. The van der Waals surface area contributed by atoms with E-state index in [1.54, 1.807) is 0 Å². The van der Waals surface area contributed by atoms with Gasteiger partial charge in [-0.15, -0.1) is 0 Å². The molecule has 0 saturated carbocycles. The van der Waals surface area contributed by atoms with Crippen LogP contribution in [0.3, 0.4) is 0 Å². The van der Waals surface area contributed by atoms with E-state index in [0.717, 1.165) is 23.1 Å². The van der Waals surface area contributed by atoms with Gasteiger partial charge in [-0.2, -0.15) is 5.26 Å². The Morgan fingerprint density at radius 2 is 2.33 bits per heavy atom. The summed E-state index contributed by atoms with van der Waals surface area (Å²) >= 11 is 3.36. The third-order valence-corrected chi connectivity index (χ3v) is 2.68. The second-order valence-electron chi connectivity index (χ2n) is 2.78.